The molecule has 0 saturated carbocycles. The van der Waals surface area contributed by atoms with Crippen molar-refractivity contribution in [2.24, 2.45) is 0 Å². The second-order valence-electron chi connectivity index (χ2n) is 6.15. The van der Waals surface area contributed by atoms with Gasteiger partial charge >= 0.3 is 0 Å². The molecular weight excluding hydrogens is 348 g/mol. The molecule has 0 radical (unpaired) electrons. The van der Waals surface area contributed by atoms with Crippen molar-refractivity contribution in [1.82, 2.24) is 15.2 Å². The first-order valence-electron chi connectivity index (χ1n) is 9.19. The Kier molecular flexibility index (Phi) is 5.24. The number of anilines is 2. The van der Waals surface area contributed by atoms with Crippen LogP contribution < -0.4 is 10.1 Å². The Bertz CT molecular complexity index is 1040. The van der Waals surface area contributed by atoms with Gasteiger partial charge in [0.2, 0.25) is 5.95 Å². The van der Waals surface area contributed by atoms with E-state index in [2.05, 4.69) is 15.5 Å². The van der Waals surface area contributed by atoms with E-state index < -0.39 is 0 Å². The van der Waals surface area contributed by atoms with Crippen LogP contribution in [0.3, 0.4) is 0 Å². The maximum atomic E-state index is 5.48. The van der Waals surface area contributed by atoms with Crippen LogP contribution in [-0.2, 0) is 0 Å². The summed E-state index contributed by atoms with van der Waals surface area (Å²) in [6, 6.07) is 27.7. The highest BCUT2D eigenvalue weighted by atomic mass is 16.5. The molecule has 0 saturated heterocycles. The van der Waals surface area contributed by atoms with Gasteiger partial charge in [-0.2, -0.15) is 0 Å². The SMILES string of the molecule is CCOc1ccc(Nc2nnc(-c3ccccc3)c(-c3ccccc3)n2)cc1. The topological polar surface area (TPSA) is 59.9 Å². The third-order valence-corrected chi connectivity index (χ3v) is 4.20. The summed E-state index contributed by atoms with van der Waals surface area (Å²) < 4.78 is 5.48. The lowest BCUT2D eigenvalue weighted by Crippen LogP contribution is -2.03. The van der Waals surface area contributed by atoms with Gasteiger partial charge < -0.3 is 10.1 Å². The van der Waals surface area contributed by atoms with Crippen molar-refractivity contribution >= 4 is 11.6 Å². The minimum Gasteiger partial charge on any atom is -0.494 e. The summed E-state index contributed by atoms with van der Waals surface area (Å²) in [5.41, 5.74) is 4.39. The van der Waals surface area contributed by atoms with Crippen molar-refractivity contribution < 1.29 is 4.74 Å². The molecule has 0 spiro atoms. The Morgan fingerprint density at radius 1 is 0.714 bits per heavy atom. The molecule has 138 valence electrons. The third-order valence-electron chi connectivity index (χ3n) is 4.20. The van der Waals surface area contributed by atoms with Crippen LogP contribution in [0.4, 0.5) is 11.6 Å². The molecule has 0 amide bonds. The maximum absolute atomic E-state index is 5.48. The lowest BCUT2D eigenvalue weighted by Gasteiger charge is -2.11. The lowest BCUT2D eigenvalue weighted by atomic mass is 10.0. The zero-order chi connectivity index (χ0) is 19.2. The fraction of sp³-hybridized carbons (Fsp3) is 0.0870. The Labute approximate surface area is 164 Å². The molecular formula is C23H20N4O. The molecule has 5 heteroatoms. The lowest BCUT2D eigenvalue weighted by molar-refractivity contribution is 0.340. The Morgan fingerprint density at radius 3 is 1.93 bits per heavy atom. The fourth-order valence-corrected chi connectivity index (χ4v) is 2.90. The molecule has 3 aromatic carbocycles. The van der Waals surface area contributed by atoms with Crippen LogP contribution in [0.5, 0.6) is 5.75 Å². The van der Waals surface area contributed by atoms with E-state index in [9.17, 15) is 0 Å². The van der Waals surface area contributed by atoms with Crippen molar-refractivity contribution in [3.8, 4) is 28.3 Å². The number of hydrogen-bond donors (Lipinski definition) is 1. The highest BCUT2D eigenvalue weighted by Crippen LogP contribution is 2.29. The van der Waals surface area contributed by atoms with Gasteiger partial charge in [-0.15, -0.1) is 10.2 Å². The molecule has 0 atom stereocenters. The van der Waals surface area contributed by atoms with Gasteiger partial charge in [-0.25, -0.2) is 4.98 Å². The van der Waals surface area contributed by atoms with Crippen molar-refractivity contribution in [3.63, 3.8) is 0 Å². The summed E-state index contributed by atoms with van der Waals surface area (Å²) >= 11 is 0. The van der Waals surface area contributed by atoms with Gasteiger partial charge in [0.15, 0.2) is 0 Å². The molecule has 0 unspecified atom stereocenters. The zero-order valence-electron chi connectivity index (χ0n) is 15.5. The predicted octanol–water partition coefficient (Wildman–Crippen LogP) is 5.35. The smallest absolute Gasteiger partial charge is 0.247 e. The number of rotatable bonds is 6. The van der Waals surface area contributed by atoms with Crippen LogP contribution in [0.1, 0.15) is 6.92 Å². The Hall–Kier alpha value is -3.73. The van der Waals surface area contributed by atoms with Gasteiger partial charge in [0, 0.05) is 16.8 Å². The second-order valence-corrected chi connectivity index (χ2v) is 6.15. The largest absolute Gasteiger partial charge is 0.494 e. The third kappa shape index (κ3) is 3.99. The molecule has 0 aliphatic heterocycles. The van der Waals surface area contributed by atoms with E-state index in [1.165, 1.54) is 0 Å². The number of aromatic nitrogens is 3. The first-order chi connectivity index (χ1) is 13.8. The molecule has 0 aliphatic rings. The summed E-state index contributed by atoms with van der Waals surface area (Å²) in [6.45, 7) is 2.60. The number of ether oxygens (including phenoxy) is 1. The summed E-state index contributed by atoms with van der Waals surface area (Å²) in [4.78, 5) is 4.76. The van der Waals surface area contributed by atoms with E-state index in [4.69, 9.17) is 9.72 Å². The van der Waals surface area contributed by atoms with Gasteiger partial charge in [0.1, 0.15) is 17.1 Å². The van der Waals surface area contributed by atoms with E-state index in [1.807, 2.05) is 91.9 Å². The van der Waals surface area contributed by atoms with Gasteiger partial charge in [0.05, 0.1) is 6.61 Å². The molecule has 28 heavy (non-hydrogen) atoms. The average molecular weight is 368 g/mol. The summed E-state index contributed by atoms with van der Waals surface area (Å²) in [7, 11) is 0. The van der Waals surface area contributed by atoms with E-state index in [-0.39, 0.29) is 0 Å². The van der Waals surface area contributed by atoms with E-state index in [0.717, 1.165) is 34.0 Å². The number of nitrogens with zero attached hydrogens (tertiary/aromatic N) is 3. The van der Waals surface area contributed by atoms with Crippen LogP contribution >= 0.6 is 0 Å². The number of benzene rings is 3. The van der Waals surface area contributed by atoms with E-state index in [0.29, 0.717) is 12.6 Å². The van der Waals surface area contributed by atoms with Gasteiger partial charge in [-0.1, -0.05) is 60.7 Å². The highest BCUT2D eigenvalue weighted by molar-refractivity contribution is 5.78. The summed E-state index contributed by atoms with van der Waals surface area (Å²) in [5, 5.41) is 12.0. The van der Waals surface area contributed by atoms with Crippen LogP contribution in [0.15, 0.2) is 84.9 Å². The first-order valence-corrected chi connectivity index (χ1v) is 9.19. The standard InChI is InChI=1S/C23H20N4O/c1-2-28-20-15-13-19(14-16-20)24-23-25-21(17-9-5-3-6-10-17)22(26-27-23)18-11-7-4-8-12-18/h3-16H,2H2,1H3,(H,24,25,27). The molecule has 0 aliphatic carbocycles. The van der Waals surface area contributed by atoms with Gasteiger partial charge in [-0.3, -0.25) is 0 Å². The van der Waals surface area contributed by atoms with Crippen molar-refractivity contribution in [1.29, 1.82) is 0 Å². The Morgan fingerprint density at radius 2 is 1.32 bits per heavy atom. The van der Waals surface area contributed by atoms with Crippen molar-refractivity contribution in [2.45, 2.75) is 6.92 Å². The monoisotopic (exact) mass is 368 g/mol. The fourth-order valence-electron chi connectivity index (χ4n) is 2.90. The van der Waals surface area contributed by atoms with Crippen LogP contribution in [-0.4, -0.2) is 21.8 Å². The average Bonchev–Trinajstić information content (AvgIpc) is 2.76. The Balaban J connectivity index is 1.70. The van der Waals surface area contributed by atoms with Crippen LogP contribution in [0.2, 0.25) is 0 Å². The molecule has 4 rings (SSSR count). The highest BCUT2D eigenvalue weighted by Gasteiger charge is 2.13. The van der Waals surface area contributed by atoms with E-state index in [1.54, 1.807) is 0 Å². The number of nitrogens with one attached hydrogen (secondary N) is 1. The molecule has 4 aromatic rings. The molecule has 1 heterocycles. The minimum absolute atomic E-state index is 0.447. The first kappa shape index (κ1) is 17.7. The van der Waals surface area contributed by atoms with E-state index >= 15 is 0 Å². The van der Waals surface area contributed by atoms with Crippen molar-refractivity contribution in [3.05, 3.63) is 84.9 Å². The normalized spacial score (nSPS) is 10.5. The molecule has 5 nitrogen and oxygen atoms in total. The number of hydrogen-bond acceptors (Lipinski definition) is 5. The minimum atomic E-state index is 0.447. The van der Waals surface area contributed by atoms with Gasteiger partial charge in [0.25, 0.3) is 0 Å². The van der Waals surface area contributed by atoms with Crippen LogP contribution in [0, 0.1) is 0 Å². The molecule has 1 N–H and O–H groups in total. The summed E-state index contributed by atoms with van der Waals surface area (Å²) in [5.74, 6) is 1.28. The van der Waals surface area contributed by atoms with Gasteiger partial charge in [-0.05, 0) is 31.2 Å². The van der Waals surface area contributed by atoms with Crippen molar-refractivity contribution in [2.75, 3.05) is 11.9 Å². The quantitative estimate of drug-likeness (QED) is 0.497. The molecule has 1 aromatic heterocycles. The molecule has 0 fully saturated rings. The predicted molar refractivity (Wildman–Crippen MR) is 112 cm³/mol. The molecule has 0 bridgehead atoms. The summed E-state index contributed by atoms with van der Waals surface area (Å²) in [6.07, 6.45) is 0. The second kappa shape index (κ2) is 8.31. The van der Waals surface area contributed by atoms with Crippen LogP contribution in [0.25, 0.3) is 22.5 Å². The zero-order valence-corrected chi connectivity index (χ0v) is 15.5. The maximum Gasteiger partial charge on any atom is 0.247 e.